The van der Waals surface area contributed by atoms with E-state index >= 15 is 4.39 Å². The van der Waals surface area contributed by atoms with Gasteiger partial charge in [-0.2, -0.15) is 15.1 Å². The Balaban J connectivity index is 1.06. The summed E-state index contributed by atoms with van der Waals surface area (Å²) in [5.41, 5.74) is 4.27. The summed E-state index contributed by atoms with van der Waals surface area (Å²) in [5.74, 6) is 0.613. The topological polar surface area (TPSA) is 115 Å². The number of aromatic nitrogens is 4. The molecule has 9 rings (SSSR count). The van der Waals surface area contributed by atoms with Crippen LogP contribution >= 0.6 is 0 Å². The Bertz CT molecular complexity index is 2120. The SMILES string of the molecule is CCc1c(F)ccc2cc(O)cc(N3CCc4c(nc(OC[C@@]56CCCN5C[C@H](F)C6)nc4N4CCCn5nc(C(=O)N6C[C@@H](C)N[C@@H](C)C6)cc5C4)C3)c12. The molecule has 2 N–H and O–H groups in total. The minimum absolute atomic E-state index is 0.0455. The number of amides is 1. The molecule has 0 bridgehead atoms. The fourth-order valence-electron chi connectivity index (χ4n) is 10.0. The number of piperazine rings is 1. The molecule has 3 saturated heterocycles. The van der Waals surface area contributed by atoms with Gasteiger partial charge in [-0.3, -0.25) is 14.4 Å². The van der Waals surface area contributed by atoms with Gasteiger partial charge in [-0.1, -0.05) is 13.0 Å². The quantitative estimate of drug-likeness (QED) is 0.268. The van der Waals surface area contributed by atoms with E-state index in [2.05, 4.69) is 33.9 Å². The first-order valence-electron chi connectivity index (χ1n) is 20.0. The van der Waals surface area contributed by atoms with Crippen LogP contribution in [0.1, 0.15) is 79.5 Å². The maximum Gasteiger partial charge on any atom is 0.318 e. The Morgan fingerprint density at radius 3 is 2.67 bits per heavy atom. The fourth-order valence-corrected chi connectivity index (χ4v) is 10.0. The molecule has 3 fully saturated rings. The number of carbonyl (C=O) groups excluding carboxylic acids is 1. The van der Waals surface area contributed by atoms with Crippen molar-refractivity contribution in [1.29, 1.82) is 0 Å². The molecular weight excluding hydrogens is 705 g/mol. The molecule has 12 nitrogen and oxygen atoms in total. The maximum absolute atomic E-state index is 15.2. The van der Waals surface area contributed by atoms with Crippen molar-refractivity contribution in [3.05, 3.63) is 64.4 Å². The van der Waals surface area contributed by atoms with E-state index in [0.717, 1.165) is 71.6 Å². The van der Waals surface area contributed by atoms with E-state index in [1.165, 1.54) is 6.07 Å². The lowest BCUT2D eigenvalue weighted by molar-refractivity contribution is 0.0667. The zero-order valence-corrected chi connectivity index (χ0v) is 32.0. The number of nitrogens with one attached hydrogen (secondary N) is 1. The Morgan fingerprint density at radius 1 is 1.02 bits per heavy atom. The van der Waals surface area contributed by atoms with Gasteiger partial charge in [0.1, 0.15) is 30.2 Å². The van der Waals surface area contributed by atoms with Crippen molar-refractivity contribution < 1.29 is 23.4 Å². The smallest absolute Gasteiger partial charge is 0.318 e. The molecule has 0 saturated carbocycles. The number of phenols is 1. The average molecular weight is 756 g/mol. The summed E-state index contributed by atoms with van der Waals surface area (Å²) in [6.45, 7) is 12.0. The van der Waals surface area contributed by atoms with Crippen LogP contribution in [0, 0.1) is 5.82 Å². The van der Waals surface area contributed by atoms with Crippen molar-refractivity contribution in [2.45, 2.75) is 103 Å². The molecule has 4 atom stereocenters. The molecular formula is C41H51F2N9O3. The molecule has 0 unspecified atom stereocenters. The highest BCUT2D eigenvalue weighted by atomic mass is 19.1. The molecule has 4 aromatic rings. The number of nitrogens with zero attached hydrogens (tertiary/aromatic N) is 8. The zero-order chi connectivity index (χ0) is 38.0. The lowest BCUT2D eigenvalue weighted by Gasteiger charge is -2.35. The molecule has 7 heterocycles. The van der Waals surface area contributed by atoms with Crippen LogP contribution in [-0.2, 0) is 32.5 Å². The number of aryl methyl sites for hydroxylation is 2. The maximum atomic E-state index is 15.2. The van der Waals surface area contributed by atoms with Crippen LogP contribution in [0.4, 0.5) is 20.3 Å². The van der Waals surface area contributed by atoms with Crippen LogP contribution in [0.3, 0.4) is 0 Å². The third-order valence-electron chi connectivity index (χ3n) is 12.5. The molecule has 5 aliphatic rings. The van der Waals surface area contributed by atoms with Crippen LogP contribution in [0.2, 0.25) is 0 Å². The van der Waals surface area contributed by atoms with Gasteiger partial charge in [-0.05, 0) is 81.6 Å². The number of hydrogen-bond donors (Lipinski definition) is 2. The lowest BCUT2D eigenvalue weighted by atomic mass is 9.95. The third kappa shape index (κ3) is 6.64. The minimum atomic E-state index is -0.871. The van der Waals surface area contributed by atoms with E-state index in [9.17, 15) is 14.3 Å². The molecule has 14 heteroatoms. The van der Waals surface area contributed by atoms with Crippen LogP contribution in [-0.4, -0.2) is 110 Å². The van der Waals surface area contributed by atoms with Crippen LogP contribution in [0.25, 0.3) is 10.8 Å². The molecule has 1 amide bonds. The van der Waals surface area contributed by atoms with E-state index in [4.69, 9.17) is 19.8 Å². The molecule has 0 aliphatic carbocycles. The first kappa shape index (κ1) is 36.1. The Labute approximate surface area is 320 Å². The summed E-state index contributed by atoms with van der Waals surface area (Å²) >= 11 is 0. The van der Waals surface area contributed by atoms with Gasteiger partial charge in [0.2, 0.25) is 0 Å². The number of rotatable bonds is 7. The molecule has 2 aromatic carbocycles. The van der Waals surface area contributed by atoms with Gasteiger partial charge in [-0.15, -0.1) is 0 Å². The molecule has 0 radical (unpaired) electrons. The first-order valence-corrected chi connectivity index (χ1v) is 20.0. The van der Waals surface area contributed by atoms with Gasteiger partial charge in [0, 0.05) is 80.5 Å². The predicted octanol–water partition coefficient (Wildman–Crippen LogP) is 4.98. The number of phenolic OH excluding ortho intramolecular Hbond substituents is 1. The molecule has 5 aliphatic heterocycles. The molecule has 55 heavy (non-hydrogen) atoms. The van der Waals surface area contributed by atoms with E-state index in [1.807, 2.05) is 22.6 Å². The summed E-state index contributed by atoms with van der Waals surface area (Å²) in [5, 5.41) is 20.7. The zero-order valence-electron chi connectivity index (χ0n) is 32.0. The van der Waals surface area contributed by atoms with E-state index < -0.39 is 6.17 Å². The van der Waals surface area contributed by atoms with E-state index in [1.54, 1.807) is 18.2 Å². The number of carbonyl (C=O) groups is 1. The first-order chi connectivity index (χ1) is 26.6. The Kier molecular flexibility index (Phi) is 9.31. The van der Waals surface area contributed by atoms with Crippen LogP contribution in [0.15, 0.2) is 30.3 Å². The van der Waals surface area contributed by atoms with Crippen molar-refractivity contribution in [2.75, 3.05) is 55.7 Å². The van der Waals surface area contributed by atoms with Crippen molar-refractivity contribution in [1.82, 2.24) is 34.9 Å². The monoisotopic (exact) mass is 755 g/mol. The Morgan fingerprint density at radius 2 is 1.85 bits per heavy atom. The largest absolute Gasteiger partial charge is 0.508 e. The van der Waals surface area contributed by atoms with Gasteiger partial charge in [-0.25, -0.2) is 8.78 Å². The predicted molar refractivity (Wildman–Crippen MR) is 206 cm³/mol. The van der Waals surface area contributed by atoms with Crippen molar-refractivity contribution in [2.24, 2.45) is 0 Å². The second kappa shape index (κ2) is 14.2. The molecule has 292 valence electrons. The van der Waals surface area contributed by atoms with Crippen LogP contribution in [0.5, 0.6) is 11.8 Å². The molecule has 0 spiro atoms. The average Bonchev–Trinajstić information content (AvgIpc) is 3.79. The standard InChI is InChI=1S/C41H51F2N9O3/c1-4-31-33(43)8-7-27-15-30(53)17-36(37(27)31)48-14-9-32-35(23-48)45-40(55-24-41-10-5-12-51(41)21-28(42)18-41)46-38(32)49-11-6-13-52-29(22-49)16-34(47-52)39(54)50-19-25(2)44-26(3)20-50/h7-8,15-17,25-26,28,44,53H,4-6,9-14,18-24H2,1-3H3/t25-,26+,28-,41+/m1/s1. The number of fused-ring (bicyclic) bond motifs is 4. The summed E-state index contributed by atoms with van der Waals surface area (Å²) < 4.78 is 38.4. The van der Waals surface area contributed by atoms with Gasteiger partial charge < -0.3 is 29.9 Å². The summed E-state index contributed by atoms with van der Waals surface area (Å²) in [4.78, 5) is 32.4. The van der Waals surface area contributed by atoms with Gasteiger partial charge in [0.15, 0.2) is 5.69 Å². The number of ether oxygens (including phenoxy) is 1. The van der Waals surface area contributed by atoms with E-state index in [0.29, 0.717) is 82.9 Å². The highest BCUT2D eigenvalue weighted by Gasteiger charge is 2.49. The number of hydrogen-bond acceptors (Lipinski definition) is 10. The number of alkyl halides is 1. The lowest BCUT2D eigenvalue weighted by Crippen LogP contribution is -2.55. The van der Waals surface area contributed by atoms with Crippen molar-refractivity contribution in [3.63, 3.8) is 0 Å². The van der Waals surface area contributed by atoms with E-state index in [-0.39, 0.29) is 41.1 Å². The van der Waals surface area contributed by atoms with Crippen molar-refractivity contribution in [3.8, 4) is 11.8 Å². The summed E-state index contributed by atoms with van der Waals surface area (Å²) in [6.07, 6.45) is 3.41. The number of halogens is 2. The van der Waals surface area contributed by atoms with Crippen LogP contribution < -0.4 is 19.9 Å². The minimum Gasteiger partial charge on any atom is -0.508 e. The number of anilines is 2. The number of aromatic hydroxyl groups is 1. The van der Waals surface area contributed by atoms with Gasteiger partial charge in [0.25, 0.3) is 5.91 Å². The highest BCUT2D eigenvalue weighted by molar-refractivity contribution is 5.98. The third-order valence-corrected chi connectivity index (χ3v) is 12.5. The number of benzene rings is 2. The summed E-state index contributed by atoms with van der Waals surface area (Å²) in [6, 6.07) is 9.22. The fraction of sp³-hybridized carbons (Fsp3) is 0.561. The second-order valence-electron chi connectivity index (χ2n) is 16.4. The van der Waals surface area contributed by atoms with Gasteiger partial charge in [0.05, 0.1) is 30.0 Å². The van der Waals surface area contributed by atoms with Gasteiger partial charge >= 0.3 is 6.01 Å². The summed E-state index contributed by atoms with van der Waals surface area (Å²) in [7, 11) is 0. The molecule has 2 aromatic heterocycles. The normalized spacial score (nSPS) is 25.5. The highest BCUT2D eigenvalue weighted by Crippen LogP contribution is 2.42. The van der Waals surface area contributed by atoms with Crippen molar-refractivity contribution >= 4 is 28.2 Å². The second-order valence-corrected chi connectivity index (χ2v) is 16.4. The Hall–Kier alpha value is -4.56.